The zero-order valence-electron chi connectivity index (χ0n) is 13.4. The number of rotatable bonds is 2. The number of nitrogens with zero attached hydrogens (tertiary/aromatic N) is 1. The zero-order chi connectivity index (χ0) is 18.5. The molecule has 2 aromatic rings. The number of hydroxylamine groups is 2. The van der Waals surface area contributed by atoms with E-state index in [0.29, 0.717) is 10.6 Å². The van der Waals surface area contributed by atoms with Crippen molar-refractivity contribution in [3.63, 3.8) is 0 Å². The number of hydrogen-bond donors (Lipinski definition) is 0. The molecule has 0 radical (unpaired) electrons. The van der Waals surface area contributed by atoms with Crippen molar-refractivity contribution in [2.75, 3.05) is 5.75 Å². The minimum atomic E-state index is -3.46. The Hall–Kier alpha value is -3.00. The van der Waals surface area contributed by atoms with Crippen LogP contribution < -0.4 is 0 Å². The second-order valence-corrected chi connectivity index (χ2v) is 8.14. The number of imide groups is 1. The molecule has 0 saturated heterocycles. The lowest BCUT2D eigenvalue weighted by molar-refractivity contribution is -0.170. The first-order valence-electron chi connectivity index (χ1n) is 7.91. The third-order valence-corrected chi connectivity index (χ3v) is 6.34. The summed E-state index contributed by atoms with van der Waals surface area (Å²) in [5.74, 6) is -3.32. The van der Waals surface area contributed by atoms with Crippen molar-refractivity contribution in [2.45, 2.75) is 17.2 Å². The first kappa shape index (κ1) is 16.5. The Morgan fingerprint density at radius 2 is 1.54 bits per heavy atom. The first-order valence-corrected chi connectivity index (χ1v) is 9.56. The molecule has 0 saturated carbocycles. The summed E-state index contributed by atoms with van der Waals surface area (Å²) >= 11 is 0. The van der Waals surface area contributed by atoms with E-state index in [1.165, 1.54) is 18.2 Å². The van der Waals surface area contributed by atoms with Crippen LogP contribution in [0.2, 0.25) is 0 Å². The smallest absolute Gasteiger partial charge is 0.329 e. The lowest BCUT2D eigenvalue weighted by Gasteiger charge is -2.24. The Labute approximate surface area is 149 Å². The van der Waals surface area contributed by atoms with Gasteiger partial charge < -0.3 is 4.84 Å². The van der Waals surface area contributed by atoms with Crippen LogP contribution in [-0.4, -0.2) is 37.0 Å². The van der Waals surface area contributed by atoms with Crippen molar-refractivity contribution in [2.24, 2.45) is 0 Å². The van der Waals surface area contributed by atoms with Crippen LogP contribution in [-0.2, 0) is 19.5 Å². The predicted molar refractivity (Wildman–Crippen MR) is 88.9 cm³/mol. The molecule has 4 rings (SSSR count). The first-order chi connectivity index (χ1) is 12.4. The molecule has 7 nitrogen and oxygen atoms in total. The van der Waals surface area contributed by atoms with Crippen LogP contribution in [0.3, 0.4) is 0 Å². The fourth-order valence-electron chi connectivity index (χ4n) is 3.24. The third-order valence-electron chi connectivity index (χ3n) is 4.53. The molecule has 0 spiro atoms. The zero-order valence-corrected chi connectivity index (χ0v) is 14.2. The van der Waals surface area contributed by atoms with Crippen molar-refractivity contribution >= 4 is 27.6 Å². The van der Waals surface area contributed by atoms with Crippen molar-refractivity contribution in [1.29, 1.82) is 0 Å². The maximum Gasteiger partial charge on any atom is 0.340 e. The number of fused-ring (bicyclic) bond motifs is 2. The molecule has 1 atom stereocenters. The second kappa shape index (κ2) is 5.77. The average Bonchev–Trinajstić information content (AvgIpc) is 2.87. The van der Waals surface area contributed by atoms with E-state index in [1.807, 2.05) is 0 Å². The number of benzene rings is 2. The van der Waals surface area contributed by atoms with E-state index in [4.69, 9.17) is 4.84 Å². The van der Waals surface area contributed by atoms with Gasteiger partial charge in [-0.25, -0.2) is 13.2 Å². The highest BCUT2D eigenvalue weighted by Crippen LogP contribution is 2.35. The molecule has 0 bridgehead atoms. The van der Waals surface area contributed by atoms with Crippen LogP contribution in [0.5, 0.6) is 0 Å². The molecule has 26 heavy (non-hydrogen) atoms. The minimum absolute atomic E-state index is 0.0291. The second-order valence-electron chi connectivity index (χ2n) is 6.06. The van der Waals surface area contributed by atoms with Gasteiger partial charge in [0.05, 0.1) is 27.7 Å². The van der Waals surface area contributed by atoms with Crippen LogP contribution in [0.25, 0.3) is 0 Å². The normalized spacial score (nSPS) is 20.5. The highest BCUT2D eigenvalue weighted by Gasteiger charge is 2.42. The van der Waals surface area contributed by atoms with E-state index in [0.717, 1.165) is 0 Å². The molecule has 2 aliphatic heterocycles. The van der Waals surface area contributed by atoms with Gasteiger partial charge in [0.2, 0.25) is 0 Å². The molecule has 2 aromatic carbocycles. The molecule has 0 aliphatic carbocycles. The SMILES string of the molecule is O=C(ON1C(=O)c2ccccc2C1=O)C1CCS(=O)(=O)c2ccccc21. The third kappa shape index (κ3) is 2.41. The summed E-state index contributed by atoms with van der Waals surface area (Å²) in [4.78, 5) is 42.4. The molecule has 2 heterocycles. The van der Waals surface area contributed by atoms with E-state index >= 15 is 0 Å². The van der Waals surface area contributed by atoms with Gasteiger partial charge in [0.15, 0.2) is 9.84 Å². The van der Waals surface area contributed by atoms with Gasteiger partial charge in [0, 0.05) is 0 Å². The summed E-state index contributed by atoms with van der Waals surface area (Å²) in [5.41, 5.74) is 0.647. The summed E-state index contributed by atoms with van der Waals surface area (Å²) in [6.45, 7) is 0. The Kier molecular flexibility index (Phi) is 3.66. The van der Waals surface area contributed by atoms with Gasteiger partial charge in [-0.1, -0.05) is 35.4 Å². The molecular weight excluding hydrogens is 358 g/mol. The number of amides is 2. The van der Waals surface area contributed by atoms with Crippen LogP contribution >= 0.6 is 0 Å². The highest BCUT2D eigenvalue weighted by atomic mass is 32.2. The molecular formula is C18H13NO6S. The Morgan fingerprint density at radius 1 is 0.962 bits per heavy atom. The standard InChI is InChI=1S/C18H13NO6S/c20-16-12-6-1-2-7-13(12)17(21)19(16)25-18(22)14-9-10-26(23,24)15-8-4-3-5-11(14)15/h1-8,14H,9-10H2. The Balaban J connectivity index is 1.63. The van der Waals surface area contributed by atoms with Gasteiger partial charge in [-0.2, -0.15) is 0 Å². The molecule has 2 aliphatic rings. The predicted octanol–water partition coefficient (Wildman–Crippen LogP) is 1.70. The van der Waals surface area contributed by atoms with E-state index in [1.54, 1.807) is 30.3 Å². The van der Waals surface area contributed by atoms with Crippen LogP contribution in [0.1, 0.15) is 38.6 Å². The molecule has 0 aromatic heterocycles. The fourth-order valence-corrected chi connectivity index (χ4v) is 4.86. The largest absolute Gasteiger partial charge is 0.340 e. The van der Waals surface area contributed by atoms with E-state index in [9.17, 15) is 22.8 Å². The van der Waals surface area contributed by atoms with Gasteiger partial charge in [0.25, 0.3) is 11.8 Å². The van der Waals surface area contributed by atoms with Gasteiger partial charge in [-0.05, 0) is 30.2 Å². The van der Waals surface area contributed by atoms with E-state index < -0.39 is 33.5 Å². The topological polar surface area (TPSA) is 97.8 Å². The summed E-state index contributed by atoms with van der Waals surface area (Å²) < 4.78 is 24.3. The Bertz CT molecular complexity index is 1020. The van der Waals surface area contributed by atoms with Crippen LogP contribution in [0.4, 0.5) is 0 Å². The quantitative estimate of drug-likeness (QED) is 0.746. The number of carbonyl (C=O) groups is 3. The summed E-state index contributed by atoms with van der Waals surface area (Å²) in [7, 11) is -3.46. The molecule has 0 N–H and O–H groups in total. The van der Waals surface area contributed by atoms with Crippen molar-refractivity contribution in [3.8, 4) is 0 Å². The summed E-state index contributed by atoms with van der Waals surface area (Å²) in [6.07, 6.45) is 0.0291. The van der Waals surface area contributed by atoms with Crippen molar-refractivity contribution in [1.82, 2.24) is 5.06 Å². The molecule has 8 heteroatoms. The fraction of sp³-hybridized carbons (Fsp3) is 0.167. The lowest BCUT2D eigenvalue weighted by Crippen LogP contribution is -2.36. The van der Waals surface area contributed by atoms with Gasteiger partial charge >= 0.3 is 5.97 Å². The van der Waals surface area contributed by atoms with Gasteiger partial charge in [0.1, 0.15) is 0 Å². The maximum atomic E-state index is 12.6. The van der Waals surface area contributed by atoms with E-state index in [2.05, 4.69) is 0 Å². The maximum absolute atomic E-state index is 12.6. The molecule has 132 valence electrons. The Morgan fingerprint density at radius 3 is 2.19 bits per heavy atom. The summed E-state index contributed by atoms with van der Waals surface area (Å²) in [6, 6.07) is 12.4. The van der Waals surface area contributed by atoms with Crippen molar-refractivity contribution in [3.05, 3.63) is 65.2 Å². The highest BCUT2D eigenvalue weighted by molar-refractivity contribution is 7.91. The monoisotopic (exact) mass is 371 g/mol. The molecule has 2 amide bonds. The molecule has 0 fully saturated rings. The van der Waals surface area contributed by atoms with Gasteiger partial charge in [-0.3, -0.25) is 9.59 Å². The molecule has 1 unspecified atom stereocenters. The van der Waals surface area contributed by atoms with E-state index in [-0.39, 0.29) is 28.2 Å². The number of carbonyl (C=O) groups excluding carboxylic acids is 3. The van der Waals surface area contributed by atoms with Crippen LogP contribution in [0, 0.1) is 0 Å². The average molecular weight is 371 g/mol. The number of hydrogen-bond acceptors (Lipinski definition) is 6. The summed E-state index contributed by atoms with van der Waals surface area (Å²) in [5, 5.41) is 0.443. The minimum Gasteiger partial charge on any atom is -0.329 e. The van der Waals surface area contributed by atoms with Crippen molar-refractivity contribution < 1.29 is 27.6 Å². The number of sulfone groups is 1. The van der Waals surface area contributed by atoms with Crippen LogP contribution in [0.15, 0.2) is 53.4 Å². The van der Waals surface area contributed by atoms with Gasteiger partial charge in [-0.15, -0.1) is 0 Å². The lowest BCUT2D eigenvalue weighted by atomic mass is 9.96.